The number of benzene rings is 11. The molecule has 0 saturated carbocycles. The van der Waals surface area contributed by atoms with E-state index in [2.05, 4.69) is 98.5 Å². The number of rotatable bonds is 26. The summed E-state index contributed by atoms with van der Waals surface area (Å²) in [5, 5.41) is 15.1. The molecule has 4 N–H and O–H groups in total. The number of carbonyl (C=O) groups excluding carboxylic acids is 8. The number of Topliss-reactive ketones (excluding diaryl/α,β-unsaturated/α-hetero) is 4. The second kappa shape index (κ2) is 56.7. The number of hydrogen-bond acceptors (Lipinski definition) is 17. The quantitative estimate of drug-likeness (QED) is 0.0224. The van der Waals surface area contributed by atoms with Crippen molar-refractivity contribution in [1.29, 1.82) is 0 Å². The highest BCUT2D eigenvalue weighted by Gasteiger charge is 2.15. The van der Waals surface area contributed by atoms with E-state index in [0.717, 1.165) is 112 Å². The first kappa shape index (κ1) is 106. The van der Waals surface area contributed by atoms with Crippen LogP contribution in [-0.2, 0) is 0 Å². The summed E-state index contributed by atoms with van der Waals surface area (Å²) in [5.41, 5.74) is 34.2. The zero-order chi connectivity index (χ0) is 99.7. The molecule has 21 heteroatoms. The molecule has 0 unspecified atom stereocenters. The van der Waals surface area contributed by atoms with E-state index in [9.17, 15) is 38.4 Å². The number of aliphatic imine (C=N–C) groups is 3. The minimum atomic E-state index is -0.233. The number of carbonyl (C=O) groups is 8. The summed E-state index contributed by atoms with van der Waals surface area (Å²) in [4.78, 5) is 120. The molecule has 0 saturated heterocycles. The Bertz CT molecular complexity index is 6740. The molecule has 0 radical (unpaired) electrons. The number of pyridine rings is 3. The Morgan fingerprint density at radius 1 is 0.319 bits per heavy atom. The van der Waals surface area contributed by atoms with Crippen molar-refractivity contribution in [3.8, 4) is 0 Å². The first-order valence-electron chi connectivity index (χ1n) is 44.7. The Labute approximate surface area is 809 Å². The molecule has 3 heterocycles. The lowest BCUT2D eigenvalue weighted by atomic mass is 10.0. The van der Waals surface area contributed by atoms with Crippen LogP contribution in [0.2, 0.25) is 0 Å². The molecule has 14 rings (SSSR count). The minimum Gasteiger partial charge on any atom is -0.328 e. The van der Waals surface area contributed by atoms with Gasteiger partial charge in [-0.05, 0) is 243 Å². The molecule has 0 fully saturated rings. The fourth-order valence-electron chi connectivity index (χ4n) is 13.2. The molecule has 11 aromatic carbocycles. The molecule has 4 amide bonds. The first-order valence-corrected chi connectivity index (χ1v) is 44.7. The van der Waals surface area contributed by atoms with Gasteiger partial charge in [-0.1, -0.05) is 266 Å². The number of ketones is 4. The van der Waals surface area contributed by atoms with Crippen LogP contribution < -0.4 is 21.6 Å². The van der Waals surface area contributed by atoms with Crippen LogP contribution in [0.5, 0.6) is 0 Å². The number of aromatic nitrogens is 3. The van der Waals surface area contributed by atoms with E-state index in [1.165, 1.54) is 18.1 Å². The molecule has 0 atom stereocenters. The van der Waals surface area contributed by atoms with Crippen molar-refractivity contribution >= 4 is 93.7 Å². The SMILES string of the molecule is C/C(=C\NC(=O)c1ccccc1C)c1ccccc1C.C/C(=N\NC(=O)c1cccc(C)c1)c1ccccc1C.C/C(=N\NC(=O)c1ccccc1C)c1ccccn1.C=C(C)c1cccc(C(=O)N/N=C/c2ccccc2C)c1.CC(=NCC(=O)c1ccccc1)c1ccccn1.CC(=O)c1cccc(C(=O)CN=Cc2ccc(C)cc2C)c1.Cc1ccccc1C(=O)CN=Cc1cccnc1. The second-order valence-corrected chi connectivity index (χ2v) is 32.1. The first-order chi connectivity index (χ1) is 66.4. The maximum Gasteiger partial charge on any atom is 0.271 e. The van der Waals surface area contributed by atoms with Crippen molar-refractivity contribution in [2.75, 3.05) is 19.6 Å². The van der Waals surface area contributed by atoms with Crippen LogP contribution in [0.1, 0.15) is 219 Å². The predicted octanol–water partition coefficient (Wildman–Crippen LogP) is 23.2. The summed E-state index contributed by atoms with van der Waals surface area (Å²) in [7, 11) is 0. The summed E-state index contributed by atoms with van der Waals surface area (Å²) < 4.78 is 0. The van der Waals surface area contributed by atoms with E-state index in [1.54, 1.807) is 117 Å². The van der Waals surface area contributed by atoms with Gasteiger partial charge in [-0.25, -0.2) is 16.3 Å². The van der Waals surface area contributed by atoms with Crippen LogP contribution in [0, 0.1) is 62.3 Å². The van der Waals surface area contributed by atoms with Gasteiger partial charge in [0.1, 0.15) is 19.6 Å². The van der Waals surface area contributed by atoms with Gasteiger partial charge in [0.25, 0.3) is 23.6 Å². The molecule has 0 bridgehead atoms. The number of aryl methyl sites for hydroxylation is 9. The number of hydrazone groups is 3. The summed E-state index contributed by atoms with van der Waals surface area (Å²) in [5.74, 6) is -0.800. The molecule has 0 spiro atoms. The van der Waals surface area contributed by atoms with Gasteiger partial charge in [-0.3, -0.25) is 68.3 Å². The molecule has 0 aliphatic carbocycles. The smallest absolute Gasteiger partial charge is 0.271 e. The monoisotopic (exact) mass is 1830 g/mol. The van der Waals surface area contributed by atoms with E-state index in [4.69, 9.17) is 0 Å². The third kappa shape index (κ3) is 36.1. The Morgan fingerprint density at radius 3 is 1.33 bits per heavy atom. The van der Waals surface area contributed by atoms with Crippen LogP contribution in [-0.4, -0.2) is 117 Å². The number of allylic oxidation sites excluding steroid dienone is 2. The zero-order valence-corrected chi connectivity index (χ0v) is 80.8. The maximum absolute atomic E-state index is 12.1. The number of nitrogens with zero attached hydrogens (tertiary/aromatic N) is 9. The van der Waals surface area contributed by atoms with Gasteiger partial charge in [0.05, 0.1) is 34.7 Å². The fraction of sp³-hybridized carbons (Fsp3) is 0.154. The van der Waals surface area contributed by atoms with Crippen LogP contribution in [0.3, 0.4) is 0 Å². The lowest BCUT2D eigenvalue weighted by molar-refractivity contribution is 0.0946. The highest BCUT2D eigenvalue weighted by molar-refractivity contribution is 6.06. The number of hydrogen-bond donors (Lipinski definition) is 4. The molecular weight excluding hydrogens is 1720 g/mol. The molecular formula is C117H117N13O8. The van der Waals surface area contributed by atoms with E-state index >= 15 is 0 Å². The predicted molar refractivity (Wildman–Crippen MR) is 561 cm³/mol. The highest BCUT2D eigenvalue weighted by atomic mass is 16.2. The normalized spacial score (nSPS) is 11.0. The maximum atomic E-state index is 12.1. The standard InChI is InChI=1S/C19H19NO2.C18H18N2O.C18H19NO.C17H18N2O.C15H15N3O.2C15H14N2O/c1-13-7-8-18(14(2)9-13)11-20-12-19(22)17-6-4-5-16(10-17)15(3)21;1-13(2)15-9-6-10-16(11-15)18(21)20-19-12-17-8-5-4-7-14(17)3;1-13-8-4-6-10-16(13)15(3)12-19-18(20)17-11-7-5-9-14(17)2;1-12-7-6-9-15(11-12)17(20)19-18-14(3)16-10-5-4-8-13(16)2;1-11-7-3-4-8-13(11)15(19)18-17-12(2)14-9-5-6-10-16-14;1-12-5-2-3-7-14(12)15(18)11-17-10-13-6-4-8-16-9-13;1-12(14-9-5-6-10-16-14)17-11-15(18)13-7-3-2-4-8-13/h4-11H,12H2,1-3H3;4-12H,1H2,2-3H3,(H,20,21);4-12H,1-3H3,(H,19,20);4-11H,1-3H3,(H,19,20);3-10H,1-2H3,(H,18,19);2*2-10H,11H2,1H3/b;19-12+;15-12+;18-14+;17-12+;;. The van der Waals surface area contributed by atoms with E-state index in [-0.39, 0.29) is 66.4 Å². The third-order valence-electron chi connectivity index (χ3n) is 21.1. The largest absolute Gasteiger partial charge is 0.328 e. The van der Waals surface area contributed by atoms with Gasteiger partial charge in [-0.15, -0.1) is 0 Å². The highest BCUT2D eigenvalue weighted by Crippen LogP contribution is 2.20. The fourth-order valence-corrected chi connectivity index (χ4v) is 13.2. The average Bonchev–Trinajstić information content (AvgIpc) is 0.861. The second-order valence-electron chi connectivity index (χ2n) is 32.1. The van der Waals surface area contributed by atoms with Crippen molar-refractivity contribution in [1.82, 2.24) is 36.5 Å². The topological polar surface area (TPSA) is 298 Å². The van der Waals surface area contributed by atoms with Crippen LogP contribution in [0.4, 0.5) is 0 Å². The van der Waals surface area contributed by atoms with Crippen molar-refractivity contribution in [2.45, 2.75) is 104 Å². The Hall–Kier alpha value is -17.1. The van der Waals surface area contributed by atoms with Crippen LogP contribution in [0.15, 0.2) is 383 Å². The summed E-state index contributed by atoms with van der Waals surface area (Å²) in [6.07, 6.45) is 13.6. The Kier molecular flexibility index (Phi) is 43.7. The van der Waals surface area contributed by atoms with Gasteiger partial charge in [-0.2, -0.15) is 15.3 Å². The molecule has 138 heavy (non-hydrogen) atoms. The lowest BCUT2D eigenvalue weighted by Gasteiger charge is -2.08. The Balaban J connectivity index is 0.000000198. The molecule has 0 aliphatic rings. The third-order valence-corrected chi connectivity index (χ3v) is 21.1. The molecule has 0 aliphatic heterocycles. The van der Waals surface area contributed by atoms with Crippen molar-refractivity contribution in [2.24, 2.45) is 30.3 Å². The molecule has 698 valence electrons. The van der Waals surface area contributed by atoms with E-state index < -0.39 is 0 Å². The molecule has 3 aromatic heterocycles. The van der Waals surface area contributed by atoms with Gasteiger partial charge in [0.15, 0.2) is 23.1 Å². The van der Waals surface area contributed by atoms with Gasteiger partial charge in [0, 0.05) is 99.1 Å². The van der Waals surface area contributed by atoms with Gasteiger partial charge in [0.2, 0.25) is 0 Å². The van der Waals surface area contributed by atoms with Crippen LogP contribution in [0.25, 0.3) is 11.1 Å². The van der Waals surface area contributed by atoms with E-state index in [0.29, 0.717) is 44.7 Å². The van der Waals surface area contributed by atoms with Gasteiger partial charge >= 0.3 is 0 Å². The van der Waals surface area contributed by atoms with Crippen LogP contribution >= 0.6 is 0 Å². The molecule has 14 aromatic rings. The molecule has 21 nitrogen and oxygen atoms in total. The van der Waals surface area contributed by atoms with Gasteiger partial charge < -0.3 is 5.32 Å². The summed E-state index contributed by atoms with van der Waals surface area (Å²) in [6, 6.07) is 98.2. The zero-order valence-electron chi connectivity index (χ0n) is 80.8. The average molecular weight is 1830 g/mol. The Morgan fingerprint density at radius 2 is 0.768 bits per heavy atom. The minimum absolute atomic E-state index is 0.0193. The number of amides is 4. The number of nitrogens with one attached hydrogen (secondary N) is 4. The summed E-state index contributed by atoms with van der Waals surface area (Å²) >= 11 is 0. The summed E-state index contributed by atoms with van der Waals surface area (Å²) in [6.45, 7) is 33.1. The van der Waals surface area contributed by atoms with Crippen molar-refractivity contribution in [3.63, 3.8) is 0 Å². The van der Waals surface area contributed by atoms with E-state index in [1.807, 2.05) is 320 Å². The van der Waals surface area contributed by atoms with Crippen molar-refractivity contribution < 1.29 is 38.4 Å². The van der Waals surface area contributed by atoms with Crippen molar-refractivity contribution in [3.05, 3.63) is 492 Å². The lowest BCUT2D eigenvalue weighted by Crippen LogP contribution is -2.20.